The van der Waals surface area contributed by atoms with Crippen molar-refractivity contribution in [3.8, 4) is 0 Å². The number of amides is 1. The predicted octanol–water partition coefficient (Wildman–Crippen LogP) is 1.69. The van der Waals surface area contributed by atoms with Crippen LogP contribution in [0, 0.1) is 0 Å². The molecule has 3 aliphatic carbocycles. The van der Waals surface area contributed by atoms with Gasteiger partial charge in [-0.15, -0.1) is 10.2 Å². The number of nitrogens with one attached hydrogen (secondary N) is 1. The molecule has 0 saturated heterocycles. The predicted molar refractivity (Wildman–Crippen MR) is 70.0 cm³/mol. The van der Waals surface area contributed by atoms with Crippen molar-refractivity contribution in [1.82, 2.24) is 5.32 Å². The monoisotopic (exact) mass is 256 g/mol. The first kappa shape index (κ1) is 11.1. The van der Waals surface area contributed by atoms with Gasteiger partial charge in [-0.25, -0.2) is 0 Å². The Morgan fingerprint density at radius 1 is 1.32 bits per heavy atom. The maximum absolute atomic E-state index is 12.3. The fraction of sp³-hybridized carbons (Fsp3) is 0.500. The lowest BCUT2D eigenvalue weighted by Gasteiger charge is -2.29. The normalized spacial score (nSPS) is 31.3. The smallest absolute Gasteiger partial charge is 0.272 e. The van der Waals surface area contributed by atoms with Gasteiger partial charge in [0.25, 0.3) is 5.91 Å². The molecule has 4 aliphatic rings. The Balaban J connectivity index is 1.53. The molecule has 98 valence electrons. The molecule has 0 aromatic heterocycles. The average Bonchev–Trinajstić information content (AvgIpc) is 2.89. The summed E-state index contributed by atoms with van der Waals surface area (Å²) in [7, 11) is 0. The Hall–Kier alpha value is -1.75. The van der Waals surface area contributed by atoms with Crippen molar-refractivity contribution in [2.45, 2.75) is 44.2 Å². The molecule has 19 heavy (non-hydrogen) atoms. The van der Waals surface area contributed by atoms with E-state index in [0.717, 1.165) is 43.4 Å². The Morgan fingerprint density at radius 3 is 3.00 bits per heavy atom. The Bertz CT molecular complexity index is 597. The van der Waals surface area contributed by atoms with Crippen molar-refractivity contribution in [3.63, 3.8) is 0 Å². The van der Waals surface area contributed by atoms with E-state index in [1.54, 1.807) is 0 Å². The molecular formula is C14H16N4O. The van der Waals surface area contributed by atoms with Crippen LogP contribution in [0.25, 0.3) is 0 Å². The number of carbonyl (C=O) groups excluding carboxylic acids is 1. The van der Waals surface area contributed by atoms with Crippen molar-refractivity contribution in [2.24, 2.45) is 16.0 Å². The molecule has 4 rings (SSSR count). The number of rotatable bonds is 2. The number of hydrogen-bond acceptors (Lipinski definition) is 4. The van der Waals surface area contributed by atoms with Gasteiger partial charge in [0.2, 0.25) is 0 Å². The maximum atomic E-state index is 12.3. The van der Waals surface area contributed by atoms with Gasteiger partial charge in [-0.05, 0) is 30.1 Å². The van der Waals surface area contributed by atoms with Crippen LogP contribution in [-0.4, -0.2) is 18.0 Å². The molecule has 2 fully saturated rings. The van der Waals surface area contributed by atoms with E-state index < -0.39 is 0 Å². The Morgan fingerprint density at radius 2 is 2.16 bits per heavy atom. The van der Waals surface area contributed by atoms with E-state index in [1.807, 2.05) is 6.08 Å². The van der Waals surface area contributed by atoms with Gasteiger partial charge in [0.05, 0.1) is 5.70 Å². The molecule has 0 aromatic carbocycles. The number of nitrogens with two attached hydrogens (primary N) is 1. The first-order valence-electron chi connectivity index (χ1n) is 6.91. The van der Waals surface area contributed by atoms with Gasteiger partial charge in [0.15, 0.2) is 5.70 Å². The lowest BCUT2D eigenvalue weighted by molar-refractivity contribution is -0.118. The quantitative estimate of drug-likeness (QED) is 0.788. The third kappa shape index (κ3) is 1.69. The average molecular weight is 256 g/mol. The van der Waals surface area contributed by atoms with Gasteiger partial charge >= 0.3 is 0 Å². The largest absolute Gasteiger partial charge is 0.346 e. The van der Waals surface area contributed by atoms with E-state index in [2.05, 4.69) is 15.5 Å². The summed E-state index contributed by atoms with van der Waals surface area (Å²) in [5.74, 6) is -0.130. The third-order valence-electron chi connectivity index (χ3n) is 4.35. The van der Waals surface area contributed by atoms with E-state index in [-0.39, 0.29) is 18.0 Å². The number of allylic oxidation sites excluding steroid dienone is 3. The molecular weight excluding hydrogens is 240 g/mol. The van der Waals surface area contributed by atoms with E-state index >= 15 is 0 Å². The first-order valence-corrected chi connectivity index (χ1v) is 6.91. The molecule has 2 atom stereocenters. The summed E-state index contributed by atoms with van der Waals surface area (Å²) in [6, 6.07) is 0.139. The lowest BCUT2D eigenvalue weighted by atomic mass is 9.91. The number of carbonyl (C=O) groups is 1. The van der Waals surface area contributed by atoms with Gasteiger partial charge < -0.3 is 11.1 Å². The zero-order valence-corrected chi connectivity index (χ0v) is 10.6. The van der Waals surface area contributed by atoms with Crippen LogP contribution in [0.1, 0.15) is 32.1 Å². The van der Waals surface area contributed by atoms with Crippen LogP contribution in [0.3, 0.4) is 0 Å². The molecule has 3 N–H and O–H groups in total. The first-order chi connectivity index (χ1) is 9.24. The van der Waals surface area contributed by atoms with Gasteiger partial charge in [0.1, 0.15) is 0 Å². The van der Waals surface area contributed by atoms with E-state index in [0.29, 0.717) is 5.70 Å². The zero-order chi connectivity index (χ0) is 13.0. The summed E-state index contributed by atoms with van der Waals surface area (Å²) in [6.07, 6.45) is 7.29. The molecule has 1 aliphatic heterocycles. The molecule has 1 heterocycles. The highest BCUT2D eigenvalue weighted by molar-refractivity contribution is 5.97. The van der Waals surface area contributed by atoms with E-state index in [1.165, 1.54) is 11.1 Å². The third-order valence-corrected chi connectivity index (χ3v) is 4.35. The van der Waals surface area contributed by atoms with Crippen molar-refractivity contribution in [2.75, 3.05) is 0 Å². The highest BCUT2D eigenvalue weighted by Gasteiger charge is 2.38. The second-order valence-corrected chi connectivity index (χ2v) is 5.66. The minimum absolute atomic E-state index is 0.0646. The highest BCUT2D eigenvalue weighted by atomic mass is 16.2. The van der Waals surface area contributed by atoms with Crippen molar-refractivity contribution < 1.29 is 4.79 Å². The van der Waals surface area contributed by atoms with Crippen LogP contribution in [0.15, 0.2) is 44.4 Å². The van der Waals surface area contributed by atoms with Gasteiger partial charge in [-0.2, -0.15) is 0 Å². The van der Waals surface area contributed by atoms with Crippen molar-refractivity contribution in [1.29, 1.82) is 0 Å². The summed E-state index contributed by atoms with van der Waals surface area (Å²) in [5.41, 5.74) is 10.9. The zero-order valence-electron chi connectivity index (χ0n) is 10.6. The Labute approximate surface area is 111 Å². The number of hydrogen-bond donors (Lipinski definition) is 2. The van der Waals surface area contributed by atoms with E-state index in [9.17, 15) is 4.79 Å². The summed E-state index contributed by atoms with van der Waals surface area (Å²) in [6.45, 7) is 0. The van der Waals surface area contributed by atoms with Crippen molar-refractivity contribution in [3.05, 3.63) is 34.2 Å². The molecule has 0 spiro atoms. The summed E-state index contributed by atoms with van der Waals surface area (Å²) in [5, 5.41) is 11.2. The van der Waals surface area contributed by atoms with Crippen LogP contribution in [0.5, 0.6) is 0 Å². The minimum atomic E-state index is -0.130. The molecule has 0 aromatic rings. The van der Waals surface area contributed by atoms with Crippen molar-refractivity contribution >= 4 is 5.91 Å². The van der Waals surface area contributed by atoms with Gasteiger partial charge in [-0.3, -0.25) is 4.79 Å². The van der Waals surface area contributed by atoms with Gasteiger partial charge in [0, 0.05) is 24.1 Å². The maximum Gasteiger partial charge on any atom is 0.272 e. The van der Waals surface area contributed by atoms with E-state index in [4.69, 9.17) is 5.73 Å². The molecule has 1 amide bonds. The molecule has 0 bridgehead atoms. The van der Waals surface area contributed by atoms with Crippen LogP contribution < -0.4 is 11.1 Å². The number of fused-ring (bicyclic) bond motifs is 2. The topological polar surface area (TPSA) is 79.8 Å². The lowest BCUT2D eigenvalue weighted by Crippen LogP contribution is -2.49. The molecule has 2 saturated carbocycles. The summed E-state index contributed by atoms with van der Waals surface area (Å²) < 4.78 is 0. The standard InChI is InChI=1S/C14H16N4O/c15-10-3-1-2-4-11(10)16-14(19)13-9-6-7-5-8(7)12(9)17-18-13/h6,10-11H,1-5,15H2,(H,16,19)/t10-,11-/m0/s1. The number of nitrogens with zero attached hydrogens (tertiary/aromatic N) is 2. The fourth-order valence-corrected chi connectivity index (χ4v) is 3.12. The SMILES string of the molecule is N[C@H]1CCCC[C@@H]1NC(=O)C1=C2C=C3CC3=C2N=N1. The fourth-order valence-electron chi connectivity index (χ4n) is 3.12. The molecule has 5 nitrogen and oxygen atoms in total. The minimum Gasteiger partial charge on any atom is -0.346 e. The molecule has 0 unspecified atom stereocenters. The second-order valence-electron chi connectivity index (χ2n) is 5.66. The molecule has 5 heteroatoms. The van der Waals surface area contributed by atoms with Crippen LogP contribution >= 0.6 is 0 Å². The van der Waals surface area contributed by atoms with Crippen LogP contribution in [0.2, 0.25) is 0 Å². The van der Waals surface area contributed by atoms with Crippen LogP contribution in [0.4, 0.5) is 0 Å². The second kappa shape index (κ2) is 3.87. The number of azo groups is 1. The van der Waals surface area contributed by atoms with Crippen LogP contribution in [-0.2, 0) is 4.79 Å². The molecule has 0 radical (unpaired) electrons. The Kier molecular flexibility index (Phi) is 2.26. The summed E-state index contributed by atoms with van der Waals surface area (Å²) >= 11 is 0. The van der Waals surface area contributed by atoms with Gasteiger partial charge in [-0.1, -0.05) is 12.8 Å². The summed E-state index contributed by atoms with van der Waals surface area (Å²) in [4.78, 5) is 12.3. The highest BCUT2D eigenvalue weighted by Crippen LogP contribution is 2.51.